The lowest BCUT2D eigenvalue weighted by Gasteiger charge is -2.22. The number of carbonyl (C=O) groups excluding carboxylic acids is 1. The van der Waals surface area contributed by atoms with Crippen molar-refractivity contribution in [3.05, 3.63) is 35.9 Å². The van der Waals surface area contributed by atoms with Gasteiger partial charge >= 0.3 is 0 Å². The molecule has 0 saturated heterocycles. The molecule has 0 radical (unpaired) electrons. The van der Waals surface area contributed by atoms with E-state index in [1.165, 1.54) is 5.56 Å². The molecule has 94 valence electrons. The van der Waals surface area contributed by atoms with Crippen molar-refractivity contribution < 1.29 is 4.79 Å². The molecular formula is C14H22N2O. The first-order chi connectivity index (χ1) is 8.15. The summed E-state index contributed by atoms with van der Waals surface area (Å²) in [6.45, 7) is 3.48. The van der Waals surface area contributed by atoms with E-state index < -0.39 is 0 Å². The van der Waals surface area contributed by atoms with Crippen LogP contribution in [0.2, 0.25) is 0 Å². The second-order valence-electron chi connectivity index (χ2n) is 4.48. The standard InChI is InChI=1S/C14H22N2O/c1-12(13-7-4-3-5-8-13)11-16(2)14(17)9-6-10-15/h3-5,7-8,12H,6,9-11,15H2,1-2H3/t12-/m1/s1. The highest BCUT2D eigenvalue weighted by Crippen LogP contribution is 2.15. The van der Waals surface area contributed by atoms with Crippen LogP contribution in [0.4, 0.5) is 0 Å². The van der Waals surface area contributed by atoms with E-state index in [1.807, 2.05) is 25.2 Å². The van der Waals surface area contributed by atoms with Crippen LogP contribution in [0.5, 0.6) is 0 Å². The number of nitrogens with zero attached hydrogens (tertiary/aromatic N) is 1. The molecule has 0 fully saturated rings. The van der Waals surface area contributed by atoms with Crippen molar-refractivity contribution in [2.45, 2.75) is 25.7 Å². The topological polar surface area (TPSA) is 46.3 Å². The van der Waals surface area contributed by atoms with Gasteiger partial charge < -0.3 is 10.6 Å². The monoisotopic (exact) mass is 234 g/mol. The Morgan fingerprint density at radius 2 is 2.00 bits per heavy atom. The largest absolute Gasteiger partial charge is 0.345 e. The Hall–Kier alpha value is -1.35. The van der Waals surface area contributed by atoms with Gasteiger partial charge in [0, 0.05) is 20.0 Å². The lowest BCUT2D eigenvalue weighted by molar-refractivity contribution is -0.130. The molecule has 2 N–H and O–H groups in total. The van der Waals surface area contributed by atoms with Gasteiger partial charge in [-0.15, -0.1) is 0 Å². The number of likely N-dealkylation sites (N-methyl/N-ethyl adjacent to an activating group) is 1. The summed E-state index contributed by atoms with van der Waals surface area (Å²) in [6.07, 6.45) is 1.32. The average Bonchev–Trinajstić information content (AvgIpc) is 2.36. The van der Waals surface area contributed by atoms with Gasteiger partial charge in [-0.2, -0.15) is 0 Å². The SMILES string of the molecule is C[C@H](CN(C)C(=O)CCCN)c1ccccc1. The van der Waals surface area contributed by atoms with E-state index in [2.05, 4.69) is 19.1 Å². The minimum absolute atomic E-state index is 0.179. The third-order valence-corrected chi connectivity index (χ3v) is 2.94. The van der Waals surface area contributed by atoms with Crippen LogP contribution in [-0.2, 0) is 4.79 Å². The fraction of sp³-hybridized carbons (Fsp3) is 0.500. The van der Waals surface area contributed by atoms with Crippen molar-refractivity contribution in [2.24, 2.45) is 5.73 Å². The molecule has 3 nitrogen and oxygen atoms in total. The van der Waals surface area contributed by atoms with Crippen LogP contribution in [0.25, 0.3) is 0 Å². The number of benzene rings is 1. The predicted octanol–water partition coefficient (Wildman–Crippen LogP) is 1.99. The number of carbonyl (C=O) groups is 1. The molecule has 1 atom stereocenters. The van der Waals surface area contributed by atoms with Gasteiger partial charge in [-0.1, -0.05) is 37.3 Å². The van der Waals surface area contributed by atoms with Gasteiger partial charge in [-0.3, -0.25) is 4.79 Å². The highest BCUT2D eigenvalue weighted by Gasteiger charge is 2.12. The zero-order valence-corrected chi connectivity index (χ0v) is 10.7. The van der Waals surface area contributed by atoms with Crippen LogP contribution >= 0.6 is 0 Å². The third-order valence-electron chi connectivity index (χ3n) is 2.94. The maximum Gasteiger partial charge on any atom is 0.222 e. The summed E-state index contributed by atoms with van der Waals surface area (Å²) < 4.78 is 0. The van der Waals surface area contributed by atoms with Crippen molar-refractivity contribution in [1.82, 2.24) is 4.90 Å². The lowest BCUT2D eigenvalue weighted by atomic mass is 10.0. The molecule has 0 spiro atoms. The molecule has 0 bridgehead atoms. The van der Waals surface area contributed by atoms with Gasteiger partial charge in [0.15, 0.2) is 0 Å². The van der Waals surface area contributed by atoms with Crippen molar-refractivity contribution in [1.29, 1.82) is 0 Å². The normalized spacial score (nSPS) is 12.2. The minimum atomic E-state index is 0.179. The van der Waals surface area contributed by atoms with E-state index in [9.17, 15) is 4.79 Å². The van der Waals surface area contributed by atoms with Crippen LogP contribution in [-0.4, -0.2) is 30.9 Å². The Bertz CT molecular complexity index is 337. The second kappa shape index (κ2) is 7.07. The van der Waals surface area contributed by atoms with E-state index in [-0.39, 0.29) is 5.91 Å². The lowest BCUT2D eigenvalue weighted by Crippen LogP contribution is -2.30. The molecule has 1 aromatic carbocycles. The third kappa shape index (κ3) is 4.57. The van der Waals surface area contributed by atoms with Crippen molar-refractivity contribution >= 4 is 5.91 Å². The Kier molecular flexibility index (Phi) is 5.70. The number of amides is 1. The summed E-state index contributed by atoms with van der Waals surface area (Å²) >= 11 is 0. The van der Waals surface area contributed by atoms with E-state index in [0.29, 0.717) is 18.9 Å². The number of hydrogen-bond donors (Lipinski definition) is 1. The fourth-order valence-corrected chi connectivity index (χ4v) is 1.84. The molecule has 0 heterocycles. The Morgan fingerprint density at radius 3 is 2.59 bits per heavy atom. The summed E-state index contributed by atoms with van der Waals surface area (Å²) in [6, 6.07) is 10.3. The van der Waals surface area contributed by atoms with Crippen LogP contribution in [0.15, 0.2) is 30.3 Å². The summed E-state index contributed by atoms with van der Waals surface area (Å²) in [7, 11) is 1.86. The molecule has 0 aliphatic heterocycles. The van der Waals surface area contributed by atoms with E-state index >= 15 is 0 Å². The molecule has 1 aromatic rings. The molecule has 0 unspecified atom stereocenters. The quantitative estimate of drug-likeness (QED) is 0.818. The highest BCUT2D eigenvalue weighted by molar-refractivity contribution is 5.75. The smallest absolute Gasteiger partial charge is 0.222 e. The first-order valence-electron chi connectivity index (χ1n) is 6.14. The van der Waals surface area contributed by atoms with Crippen LogP contribution in [0.1, 0.15) is 31.2 Å². The Balaban J connectivity index is 2.45. The molecule has 0 aromatic heterocycles. The number of hydrogen-bond acceptors (Lipinski definition) is 2. The number of rotatable bonds is 6. The van der Waals surface area contributed by atoms with Crippen molar-refractivity contribution in [3.63, 3.8) is 0 Å². The zero-order chi connectivity index (χ0) is 12.7. The van der Waals surface area contributed by atoms with E-state index in [4.69, 9.17) is 5.73 Å². The Morgan fingerprint density at radius 1 is 1.35 bits per heavy atom. The molecule has 0 saturated carbocycles. The summed E-state index contributed by atoms with van der Waals surface area (Å²) in [4.78, 5) is 13.5. The maximum atomic E-state index is 11.7. The molecular weight excluding hydrogens is 212 g/mol. The summed E-state index contributed by atoms with van der Waals surface area (Å²) in [5.41, 5.74) is 6.67. The van der Waals surface area contributed by atoms with Crippen molar-refractivity contribution in [2.75, 3.05) is 20.1 Å². The van der Waals surface area contributed by atoms with Gasteiger partial charge in [0.05, 0.1) is 0 Å². The second-order valence-corrected chi connectivity index (χ2v) is 4.48. The average molecular weight is 234 g/mol. The summed E-state index contributed by atoms with van der Waals surface area (Å²) in [5.74, 6) is 0.543. The fourth-order valence-electron chi connectivity index (χ4n) is 1.84. The van der Waals surface area contributed by atoms with E-state index in [1.54, 1.807) is 4.90 Å². The number of nitrogens with two attached hydrogens (primary N) is 1. The minimum Gasteiger partial charge on any atom is -0.345 e. The molecule has 0 aliphatic carbocycles. The summed E-state index contributed by atoms with van der Waals surface area (Å²) in [5, 5.41) is 0. The molecule has 1 rings (SSSR count). The van der Waals surface area contributed by atoms with Gasteiger partial charge in [-0.05, 0) is 24.4 Å². The van der Waals surface area contributed by atoms with Gasteiger partial charge in [-0.25, -0.2) is 0 Å². The molecule has 0 aliphatic rings. The molecule has 17 heavy (non-hydrogen) atoms. The van der Waals surface area contributed by atoms with E-state index in [0.717, 1.165) is 13.0 Å². The highest BCUT2D eigenvalue weighted by atomic mass is 16.2. The molecule has 1 amide bonds. The first kappa shape index (κ1) is 13.7. The van der Waals surface area contributed by atoms with Crippen LogP contribution < -0.4 is 5.73 Å². The first-order valence-corrected chi connectivity index (χ1v) is 6.14. The predicted molar refractivity (Wildman–Crippen MR) is 70.8 cm³/mol. The van der Waals surface area contributed by atoms with Gasteiger partial charge in [0.2, 0.25) is 5.91 Å². The van der Waals surface area contributed by atoms with Crippen LogP contribution in [0, 0.1) is 0 Å². The molecule has 3 heteroatoms. The van der Waals surface area contributed by atoms with Gasteiger partial charge in [0.25, 0.3) is 0 Å². The van der Waals surface area contributed by atoms with Gasteiger partial charge in [0.1, 0.15) is 0 Å². The van der Waals surface area contributed by atoms with Crippen molar-refractivity contribution in [3.8, 4) is 0 Å². The zero-order valence-electron chi connectivity index (χ0n) is 10.7. The van der Waals surface area contributed by atoms with Crippen LogP contribution in [0.3, 0.4) is 0 Å². The Labute approximate surface area is 104 Å². The maximum absolute atomic E-state index is 11.7.